The van der Waals surface area contributed by atoms with Crippen molar-refractivity contribution in [2.75, 3.05) is 38.5 Å². The lowest BCUT2D eigenvalue weighted by atomic mass is 10.3. The molecule has 0 aliphatic carbocycles. The van der Waals surface area contributed by atoms with Gasteiger partial charge in [-0.15, -0.1) is 24.0 Å². The number of halogens is 2. The lowest BCUT2D eigenvalue weighted by molar-refractivity contribution is -0.128. The summed E-state index contributed by atoms with van der Waals surface area (Å²) >= 11 is 0. The van der Waals surface area contributed by atoms with E-state index in [-0.39, 0.29) is 53.6 Å². The lowest BCUT2D eigenvalue weighted by Crippen LogP contribution is -2.40. The minimum Gasteiger partial charge on any atom is -0.357 e. The zero-order valence-corrected chi connectivity index (χ0v) is 18.4. The molecular formula is C17H26FIN4O3S. The van der Waals surface area contributed by atoms with Gasteiger partial charge in [0.15, 0.2) is 15.8 Å². The van der Waals surface area contributed by atoms with Gasteiger partial charge in [0.25, 0.3) is 0 Å². The summed E-state index contributed by atoms with van der Waals surface area (Å²) in [5.41, 5.74) is 0. The monoisotopic (exact) mass is 512 g/mol. The number of hydrogen-bond donors (Lipinski definition) is 2. The second-order valence-electron chi connectivity index (χ2n) is 5.96. The third-order valence-electron chi connectivity index (χ3n) is 4.01. The van der Waals surface area contributed by atoms with Crippen LogP contribution in [-0.4, -0.2) is 63.7 Å². The van der Waals surface area contributed by atoms with Crippen LogP contribution in [0.15, 0.2) is 34.2 Å². The van der Waals surface area contributed by atoms with Gasteiger partial charge in [0.05, 0.1) is 5.75 Å². The Morgan fingerprint density at radius 2 is 1.89 bits per heavy atom. The molecule has 2 N–H and O–H groups in total. The van der Waals surface area contributed by atoms with Gasteiger partial charge in [-0.25, -0.2) is 17.8 Å². The minimum atomic E-state index is -3.74. The number of rotatable bonds is 7. The molecule has 0 atom stereocenters. The van der Waals surface area contributed by atoms with E-state index in [2.05, 4.69) is 15.6 Å². The Kier molecular flexibility index (Phi) is 9.99. The Morgan fingerprint density at radius 1 is 1.22 bits per heavy atom. The van der Waals surface area contributed by atoms with E-state index in [0.717, 1.165) is 32.0 Å². The first-order valence-corrected chi connectivity index (χ1v) is 10.4. The van der Waals surface area contributed by atoms with Crippen LogP contribution in [0.1, 0.15) is 19.8 Å². The molecule has 0 unspecified atom stereocenters. The summed E-state index contributed by atoms with van der Waals surface area (Å²) < 4.78 is 38.1. The van der Waals surface area contributed by atoms with Gasteiger partial charge in [-0.1, -0.05) is 12.1 Å². The third-order valence-corrected chi connectivity index (χ3v) is 5.75. The summed E-state index contributed by atoms with van der Waals surface area (Å²) in [7, 11) is -3.74. The molecule has 1 saturated heterocycles. The Morgan fingerprint density at radius 3 is 2.52 bits per heavy atom. The van der Waals surface area contributed by atoms with Crippen molar-refractivity contribution >= 4 is 45.7 Å². The molecule has 0 spiro atoms. The smallest absolute Gasteiger partial charge is 0.244 e. The van der Waals surface area contributed by atoms with E-state index < -0.39 is 15.7 Å². The normalized spacial score (nSPS) is 14.6. The zero-order chi connectivity index (χ0) is 19.0. The van der Waals surface area contributed by atoms with Crippen LogP contribution < -0.4 is 10.6 Å². The van der Waals surface area contributed by atoms with Crippen LogP contribution in [-0.2, 0) is 14.6 Å². The van der Waals surface area contributed by atoms with E-state index >= 15 is 0 Å². The Hall–Kier alpha value is -1.43. The van der Waals surface area contributed by atoms with E-state index in [4.69, 9.17) is 0 Å². The molecule has 1 fully saturated rings. The molecule has 7 nitrogen and oxygen atoms in total. The zero-order valence-electron chi connectivity index (χ0n) is 15.3. The predicted molar refractivity (Wildman–Crippen MR) is 114 cm³/mol. The van der Waals surface area contributed by atoms with Gasteiger partial charge in [-0.2, -0.15) is 0 Å². The Balaban J connectivity index is 0.00000364. The van der Waals surface area contributed by atoms with Crippen molar-refractivity contribution in [3.8, 4) is 0 Å². The summed E-state index contributed by atoms with van der Waals surface area (Å²) in [5, 5.41) is 5.84. The van der Waals surface area contributed by atoms with Gasteiger partial charge in [0.1, 0.15) is 17.3 Å². The Labute approximate surface area is 176 Å². The number of guanidine groups is 1. The number of carbonyl (C=O) groups excluding carboxylic acids is 1. The fourth-order valence-electron chi connectivity index (χ4n) is 2.67. The molecule has 152 valence electrons. The molecule has 0 radical (unpaired) electrons. The average Bonchev–Trinajstić information content (AvgIpc) is 3.14. The highest BCUT2D eigenvalue weighted by Crippen LogP contribution is 2.14. The molecule has 0 bridgehead atoms. The molecule has 0 aromatic heterocycles. The number of carbonyl (C=O) groups is 1. The maximum absolute atomic E-state index is 13.7. The lowest BCUT2D eigenvalue weighted by Gasteiger charge is -2.15. The van der Waals surface area contributed by atoms with Gasteiger partial charge >= 0.3 is 0 Å². The van der Waals surface area contributed by atoms with E-state index in [1.54, 1.807) is 4.90 Å². The first-order valence-electron chi connectivity index (χ1n) is 8.71. The first kappa shape index (κ1) is 23.6. The van der Waals surface area contributed by atoms with Crippen molar-refractivity contribution in [2.45, 2.75) is 24.7 Å². The van der Waals surface area contributed by atoms with Crippen molar-refractivity contribution in [3.05, 3.63) is 30.1 Å². The third kappa shape index (κ3) is 7.24. The number of aliphatic imine (C=N–C) groups is 1. The molecule has 1 aliphatic heterocycles. The van der Waals surface area contributed by atoms with Crippen LogP contribution in [0.2, 0.25) is 0 Å². The van der Waals surface area contributed by atoms with Gasteiger partial charge in [-0.3, -0.25) is 4.79 Å². The summed E-state index contributed by atoms with van der Waals surface area (Å²) in [6, 6.07) is 5.30. The molecule has 1 aromatic rings. The van der Waals surface area contributed by atoms with Gasteiger partial charge in [0, 0.05) is 26.2 Å². The van der Waals surface area contributed by atoms with Crippen molar-refractivity contribution in [3.63, 3.8) is 0 Å². The SMILES string of the molecule is CCNC(=NCC(=O)N1CCCC1)NCCS(=O)(=O)c1ccccc1F.I. The highest BCUT2D eigenvalue weighted by molar-refractivity contribution is 14.0. The summed E-state index contributed by atoms with van der Waals surface area (Å²) in [5.74, 6) is -0.718. The number of amides is 1. The highest BCUT2D eigenvalue weighted by Gasteiger charge is 2.19. The van der Waals surface area contributed by atoms with E-state index in [9.17, 15) is 17.6 Å². The average molecular weight is 512 g/mol. The highest BCUT2D eigenvalue weighted by atomic mass is 127. The van der Waals surface area contributed by atoms with Crippen LogP contribution >= 0.6 is 24.0 Å². The molecule has 2 rings (SSSR count). The molecule has 1 heterocycles. The first-order chi connectivity index (χ1) is 12.4. The van der Waals surface area contributed by atoms with Crippen LogP contribution in [0.3, 0.4) is 0 Å². The summed E-state index contributed by atoms with van der Waals surface area (Å²) in [6.45, 7) is 4.04. The van der Waals surface area contributed by atoms with Crippen LogP contribution in [0.25, 0.3) is 0 Å². The maximum atomic E-state index is 13.7. The molecule has 1 aliphatic rings. The number of benzene rings is 1. The van der Waals surface area contributed by atoms with Gasteiger partial charge in [-0.05, 0) is 31.9 Å². The topological polar surface area (TPSA) is 90.9 Å². The number of nitrogens with one attached hydrogen (secondary N) is 2. The molecule has 0 saturated carbocycles. The number of nitrogens with zero attached hydrogens (tertiary/aromatic N) is 2. The van der Waals surface area contributed by atoms with E-state index in [1.165, 1.54) is 18.2 Å². The van der Waals surface area contributed by atoms with E-state index in [1.807, 2.05) is 6.92 Å². The number of sulfone groups is 1. The summed E-state index contributed by atoms with van der Waals surface area (Å²) in [4.78, 5) is 17.7. The fraction of sp³-hybridized carbons (Fsp3) is 0.529. The molecule has 1 aromatic carbocycles. The quantitative estimate of drug-likeness (QED) is 0.328. The second-order valence-corrected chi connectivity index (χ2v) is 8.04. The van der Waals surface area contributed by atoms with Crippen LogP contribution in [0.5, 0.6) is 0 Å². The van der Waals surface area contributed by atoms with Crippen molar-refractivity contribution < 1.29 is 17.6 Å². The van der Waals surface area contributed by atoms with Crippen molar-refractivity contribution in [1.29, 1.82) is 0 Å². The minimum absolute atomic E-state index is 0. The summed E-state index contributed by atoms with van der Waals surface area (Å²) in [6.07, 6.45) is 2.03. The van der Waals surface area contributed by atoms with E-state index in [0.29, 0.717) is 12.5 Å². The molecule has 10 heteroatoms. The molecule has 1 amide bonds. The van der Waals surface area contributed by atoms with Crippen LogP contribution in [0.4, 0.5) is 4.39 Å². The standard InChI is InChI=1S/C17H25FN4O3S.HI/c1-2-19-17(21-13-16(23)22-10-5-6-11-22)20-9-12-26(24,25)15-8-4-3-7-14(15)18;/h3-4,7-8H,2,5-6,9-13H2,1H3,(H2,19,20,21);1H. The predicted octanol–water partition coefficient (Wildman–Crippen LogP) is 1.39. The molecular weight excluding hydrogens is 486 g/mol. The number of hydrogen-bond acceptors (Lipinski definition) is 4. The van der Waals surface area contributed by atoms with Crippen molar-refractivity contribution in [2.24, 2.45) is 4.99 Å². The number of likely N-dealkylation sites (tertiary alicyclic amines) is 1. The second kappa shape index (κ2) is 11.4. The largest absolute Gasteiger partial charge is 0.357 e. The Bertz CT molecular complexity index is 752. The van der Waals surface area contributed by atoms with Gasteiger partial charge in [0.2, 0.25) is 5.91 Å². The maximum Gasteiger partial charge on any atom is 0.244 e. The van der Waals surface area contributed by atoms with Crippen LogP contribution in [0, 0.1) is 5.82 Å². The van der Waals surface area contributed by atoms with Crippen molar-refractivity contribution in [1.82, 2.24) is 15.5 Å². The molecule has 27 heavy (non-hydrogen) atoms. The van der Waals surface area contributed by atoms with Gasteiger partial charge < -0.3 is 15.5 Å². The fourth-order valence-corrected chi connectivity index (χ4v) is 3.91.